The van der Waals surface area contributed by atoms with Crippen LogP contribution in [-0.2, 0) is 4.79 Å². The van der Waals surface area contributed by atoms with Crippen molar-refractivity contribution >= 4 is 22.8 Å². The summed E-state index contributed by atoms with van der Waals surface area (Å²) in [4.78, 5) is 11.1. The normalized spacial score (nSPS) is 14.4. The van der Waals surface area contributed by atoms with E-state index in [1.165, 1.54) is 42.2 Å². The van der Waals surface area contributed by atoms with Gasteiger partial charge in [0.05, 0.1) is 5.56 Å². The summed E-state index contributed by atoms with van der Waals surface area (Å²) in [5.41, 5.74) is 3.46. The lowest BCUT2D eigenvalue weighted by atomic mass is 10.0. The van der Waals surface area contributed by atoms with E-state index in [0.717, 1.165) is 23.7 Å². The molecule has 3 rings (SSSR count). The van der Waals surface area contributed by atoms with Crippen LogP contribution in [0.3, 0.4) is 0 Å². The average molecular weight is 340 g/mol. The van der Waals surface area contributed by atoms with Crippen molar-refractivity contribution in [1.82, 2.24) is 0 Å². The molecule has 1 aliphatic heterocycles. The molecule has 1 saturated heterocycles. The predicted molar refractivity (Wildman–Crippen MR) is 99.9 cm³/mol. The van der Waals surface area contributed by atoms with E-state index < -0.39 is 5.97 Å². The van der Waals surface area contributed by atoms with Gasteiger partial charge in [0.25, 0.3) is 0 Å². The van der Waals surface area contributed by atoms with E-state index in [1.807, 2.05) is 18.2 Å². The molecule has 0 aromatic heterocycles. The van der Waals surface area contributed by atoms with Crippen molar-refractivity contribution < 1.29 is 14.5 Å². The number of carbonyl (C=O) groups is 1. The zero-order valence-electron chi connectivity index (χ0n) is 13.6. The van der Waals surface area contributed by atoms with Gasteiger partial charge in [-0.15, -0.1) is 0 Å². The van der Waals surface area contributed by atoms with Gasteiger partial charge in [0, 0.05) is 12.8 Å². The van der Waals surface area contributed by atoms with Crippen molar-refractivity contribution in [2.24, 2.45) is 0 Å². The summed E-state index contributed by atoms with van der Waals surface area (Å²) in [7, 11) is 0. The highest BCUT2D eigenvalue weighted by molar-refractivity contribution is 8.14. The Hall–Kier alpha value is -2.07. The highest BCUT2D eigenvalue weighted by Gasteiger charge is 2.22. The van der Waals surface area contributed by atoms with Gasteiger partial charge >= 0.3 is 5.97 Å². The van der Waals surface area contributed by atoms with E-state index in [2.05, 4.69) is 41.0 Å². The zero-order chi connectivity index (χ0) is 16.8. The SMILES string of the molecule is O=C(O)CSC(c1cccc(-c2ccccc2)c1)=[N+]1CCCCC1. The summed E-state index contributed by atoms with van der Waals surface area (Å²) in [6.07, 6.45) is 3.61. The maximum atomic E-state index is 11.1. The van der Waals surface area contributed by atoms with Crippen LogP contribution >= 0.6 is 11.8 Å². The lowest BCUT2D eigenvalue weighted by molar-refractivity contribution is -0.534. The summed E-state index contributed by atoms with van der Waals surface area (Å²) in [5.74, 6) is -0.671. The first-order valence-electron chi connectivity index (χ1n) is 8.36. The molecule has 4 heteroatoms. The molecule has 0 spiro atoms. The molecule has 1 heterocycles. The summed E-state index contributed by atoms with van der Waals surface area (Å²) in [6.45, 7) is 2.02. The number of rotatable bonds is 4. The van der Waals surface area contributed by atoms with Crippen LogP contribution in [-0.4, -0.2) is 39.5 Å². The number of thioether (sulfide) groups is 1. The van der Waals surface area contributed by atoms with Crippen molar-refractivity contribution in [2.75, 3.05) is 18.8 Å². The molecular weight excluding hydrogens is 318 g/mol. The van der Waals surface area contributed by atoms with Crippen molar-refractivity contribution in [3.63, 3.8) is 0 Å². The van der Waals surface area contributed by atoms with Gasteiger partial charge in [0.1, 0.15) is 18.8 Å². The molecule has 0 radical (unpaired) electrons. The molecule has 3 nitrogen and oxygen atoms in total. The van der Waals surface area contributed by atoms with Crippen LogP contribution in [0.25, 0.3) is 11.1 Å². The summed E-state index contributed by atoms with van der Waals surface area (Å²) < 4.78 is 2.35. The van der Waals surface area contributed by atoms with Gasteiger partial charge < -0.3 is 5.11 Å². The van der Waals surface area contributed by atoms with Crippen LogP contribution in [0.1, 0.15) is 24.8 Å². The second kappa shape index (κ2) is 8.15. The Balaban J connectivity index is 1.96. The van der Waals surface area contributed by atoms with E-state index in [-0.39, 0.29) is 5.75 Å². The molecule has 0 unspecified atom stereocenters. The maximum Gasteiger partial charge on any atom is 0.314 e. The number of carboxylic acid groups (broad SMARTS) is 1. The fourth-order valence-corrected chi connectivity index (χ4v) is 3.97. The first-order valence-corrected chi connectivity index (χ1v) is 9.35. The van der Waals surface area contributed by atoms with Gasteiger partial charge in [-0.2, -0.15) is 0 Å². The topological polar surface area (TPSA) is 40.3 Å². The van der Waals surface area contributed by atoms with Crippen LogP contribution in [0, 0.1) is 0 Å². The van der Waals surface area contributed by atoms with E-state index in [1.54, 1.807) is 0 Å². The molecule has 0 bridgehead atoms. The first-order chi connectivity index (χ1) is 11.7. The van der Waals surface area contributed by atoms with Crippen molar-refractivity contribution in [3.05, 3.63) is 60.2 Å². The third-order valence-electron chi connectivity index (χ3n) is 4.19. The fraction of sp³-hybridized carbons (Fsp3) is 0.300. The zero-order valence-corrected chi connectivity index (χ0v) is 14.5. The Kier molecular flexibility index (Phi) is 5.70. The minimum absolute atomic E-state index is 0.0986. The summed E-state index contributed by atoms with van der Waals surface area (Å²) in [5, 5.41) is 10.2. The summed E-state index contributed by atoms with van der Waals surface area (Å²) in [6, 6.07) is 18.7. The van der Waals surface area contributed by atoms with Gasteiger partial charge in [-0.3, -0.25) is 4.79 Å². The number of piperidine rings is 1. The molecule has 2 aromatic rings. The molecule has 1 N–H and O–H groups in total. The highest BCUT2D eigenvalue weighted by Crippen LogP contribution is 2.23. The Bertz CT molecular complexity index is 732. The standard InChI is InChI=1S/C20H21NO2S/c22-19(23)15-24-20(21-12-5-2-6-13-21)18-11-7-10-17(14-18)16-8-3-1-4-9-16/h1,3-4,7-11,14H,2,5-6,12-13,15H2/p+1. The first kappa shape index (κ1) is 16.8. The molecule has 124 valence electrons. The minimum atomic E-state index is -0.770. The molecule has 0 saturated carbocycles. The molecule has 0 amide bonds. The van der Waals surface area contributed by atoms with Crippen molar-refractivity contribution in [2.45, 2.75) is 19.3 Å². The second-order valence-corrected chi connectivity index (χ2v) is 6.95. The largest absolute Gasteiger partial charge is 0.481 e. The van der Waals surface area contributed by atoms with Gasteiger partial charge in [-0.05, 0) is 41.4 Å². The van der Waals surface area contributed by atoms with Crippen molar-refractivity contribution in [3.8, 4) is 11.1 Å². The fourth-order valence-electron chi connectivity index (χ4n) is 3.05. The Morgan fingerprint density at radius 2 is 1.67 bits per heavy atom. The molecule has 2 aromatic carbocycles. The minimum Gasteiger partial charge on any atom is -0.481 e. The van der Waals surface area contributed by atoms with Crippen LogP contribution in [0.2, 0.25) is 0 Å². The van der Waals surface area contributed by atoms with Crippen LogP contribution in [0.4, 0.5) is 0 Å². The number of hydrogen-bond donors (Lipinski definition) is 1. The van der Waals surface area contributed by atoms with Crippen LogP contribution in [0.15, 0.2) is 54.6 Å². The molecule has 1 fully saturated rings. The number of hydrogen-bond acceptors (Lipinski definition) is 2. The van der Waals surface area contributed by atoms with Gasteiger partial charge in [-0.25, -0.2) is 4.58 Å². The lowest BCUT2D eigenvalue weighted by Crippen LogP contribution is -2.27. The third-order valence-corrected chi connectivity index (χ3v) is 5.35. The second-order valence-electron chi connectivity index (χ2n) is 5.98. The van der Waals surface area contributed by atoms with Gasteiger partial charge in [0.15, 0.2) is 0 Å². The summed E-state index contributed by atoms with van der Waals surface area (Å²) >= 11 is 1.44. The molecule has 0 atom stereocenters. The van der Waals surface area contributed by atoms with E-state index in [0.29, 0.717) is 0 Å². The number of nitrogens with zero attached hydrogens (tertiary/aromatic N) is 1. The van der Waals surface area contributed by atoms with Crippen molar-refractivity contribution in [1.29, 1.82) is 0 Å². The van der Waals surface area contributed by atoms with E-state index in [9.17, 15) is 4.79 Å². The maximum absolute atomic E-state index is 11.1. The van der Waals surface area contributed by atoms with Crippen LogP contribution < -0.4 is 0 Å². The third kappa shape index (κ3) is 4.26. The Labute approximate surface area is 147 Å². The van der Waals surface area contributed by atoms with Crippen LogP contribution in [0.5, 0.6) is 0 Å². The number of aliphatic carboxylic acids is 1. The molecule has 24 heavy (non-hydrogen) atoms. The van der Waals surface area contributed by atoms with E-state index >= 15 is 0 Å². The van der Waals surface area contributed by atoms with E-state index in [4.69, 9.17) is 5.11 Å². The quantitative estimate of drug-likeness (QED) is 0.672. The monoisotopic (exact) mass is 340 g/mol. The number of carboxylic acids is 1. The van der Waals surface area contributed by atoms with Gasteiger partial charge in [-0.1, -0.05) is 42.5 Å². The predicted octanol–water partition coefficient (Wildman–Crippen LogP) is 4.11. The molecule has 0 aliphatic carbocycles. The molecular formula is C20H22NO2S+. The number of benzene rings is 2. The lowest BCUT2D eigenvalue weighted by Gasteiger charge is -2.14. The molecule has 1 aliphatic rings. The average Bonchev–Trinajstić information content (AvgIpc) is 2.64. The Morgan fingerprint density at radius 1 is 0.958 bits per heavy atom. The highest BCUT2D eigenvalue weighted by atomic mass is 32.2. The Morgan fingerprint density at radius 3 is 2.38 bits per heavy atom. The van der Waals surface area contributed by atoms with Gasteiger partial charge in [0.2, 0.25) is 5.04 Å². The smallest absolute Gasteiger partial charge is 0.314 e.